The van der Waals surface area contributed by atoms with E-state index in [1.807, 2.05) is 26.8 Å². The topological polar surface area (TPSA) is 37.0 Å². The molecule has 1 aromatic heterocycles. The van der Waals surface area contributed by atoms with E-state index in [-0.39, 0.29) is 0 Å². The van der Waals surface area contributed by atoms with Crippen molar-refractivity contribution in [2.24, 2.45) is 0 Å². The lowest BCUT2D eigenvalue weighted by Crippen LogP contribution is -2.34. The van der Waals surface area contributed by atoms with Crippen LogP contribution < -0.4 is 10.6 Å². The van der Waals surface area contributed by atoms with Crippen molar-refractivity contribution in [2.45, 2.75) is 26.8 Å². The van der Waals surface area contributed by atoms with Gasteiger partial charge in [0.1, 0.15) is 5.82 Å². The number of hydrogen-bond acceptors (Lipinski definition) is 2. The van der Waals surface area contributed by atoms with E-state index in [0.717, 1.165) is 15.9 Å². The predicted octanol–water partition coefficient (Wildman–Crippen LogP) is 2.85. The number of rotatable bonds is 2. The van der Waals surface area contributed by atoms with E-state index in [1.54, 1.807) is 6.20 Å². The normalized spacial score (nSPS) is 10.2. The van der Waals surface area contributed by atoms with Crippen LogP contribution in [0.3, 0.4) is 0 Å². The number of pyridine rings is 1. The van der Waals surface area contributed by atoms with Gasteiger partial charge >= 0.3 is 0 Å². The monoisotopic (exact) mass is 287 g/mol. The van der Waals surface area contributed by atoms with E-state index in [1.165, 1.54) is 0 Å². The molecule has 3 nitrogen and oxygen atoms in total. The molecule has 0 aliphatic heterocycles. The molecular formula is C10H14BrN3S. The van der Waals surface area contributed by atoms with Crippen LogP contribution in [-0.4, -0.2) is 16.1 Å². The molecule has 0 radical (unpaired) electrons. The Bertz CT molecular complexity index is 366. The Balaban J connectivity index is 2.68. The maximum Gasteiger partial charge on any atom is 0.172 e. The summed E-state index contributed by atoms with van der Waals surface area (Å²) >= 11 is 8.49. The Hall–Kier alpha value is -0.680. The number of thiocarbonyl (C=S) groups is 1. The van der Waals surface area contributed by atoms with Crippen molar-refractivity contribution in [1.29, 1.82) is 0 Å². The fraction of sp³-hybridized carbons (Fsp3) is 0.400. The van der Waals surface area contributed by atoms with Crippen molar-refractivity contribution in [1.82, 2.24) is 10.3 Å². The molecule has 0 unspecified atom stereocenters. The lowest BCUT2D eigenvalue weighted by Gasteiger charge is -2.13. The summed E-state index contributed by atoms with van der Waals surface area (Å²) in [6.07, 6.45) is 1.74. The summed E-state index contributed by atoms with van der Waals surface area (Å²) in [5.41, 5.74) is 1.05. The van der Waals surface area contributed by atoms with Gasteiger partial charge in [0.15, 0.2) is 5.11 Å². The predicted molar refractivity (Wildman–Crippen MR) is 71.2 cm³/mol. The SMILES string of the molecule is Cc1cc(Br)cnc1NC(=S)NC(C)C. The highest BCUT2D eigenvalue weighted by Gasteiger charge is 2.03. The summed E-state index contributed by atoms with van der Waals surface area (Å²) in [4.78, 5) is 4.24. The van der Waals surface area contributed by atoms with Crippen LogP contribution in [0.4, 0.5) is 5.82 Å². The number of nitrogens with zero attached hydrogens (tertiary/aromatic N) is 1. The molecule has 0 aliphatic carbocycles. The Morgan fingerprint density at radius 1 is 1.53 bits per heavy atom. The summed E-state index contributed by atoms with van der Waals surface area (Å²) < 4.78 is 0.966. The Morgan fingerprint density at radius 2 is 2.20 bits per heavy atom. The van der Waals surface area contributed by atoms with Crippen LogP contribution in [0.5, 0.6) is 0 Å². The standard InChI is InChI=1S/C10H14BrN3S/c1-6(2)13-10(15)14-9-7(3)4-8(11)5-12-9/h4-6H,1-3H3,(H2,12,13,14,15). The summed E-state index contributed by atoms with van der Waals surface area (Å²) in [5, 5.41) is 6.76. The molecule has 0 atom stereocenters. The van der Waals surface area contributed by atoms with Crippen molar-refractivity contribution in [3.63, 3.8) is 0 Å². The van der Waals surface area contributed by atoms with Crippen molar-refractivity contribution < 1.29 is 0 Å². The van der Waals surface area contributed by atoms with E-state index in [0.29, 0.717) is 11.2 Å². The lowest BCUT2D eigenvalue weighted by atomic mass is 10.3. The number of nitrogens with one attached hydrogen (secondary N) is 2. The van der Waals surface area contributed by atoms with Gasteiger partial charge < -0.3 is 10.6 Å². The minimum atomic E-state index is 0.320. The average Bonchev–Trinajstić information content (AvgIpc) is 2.08. The molecule has 0 saturated heterocycles. The van der Waals surface area contributed by atoms with Gasteiger partial charge in [0.25, 0.3) is 0 Å². The van der Waals surface area contributed by atoms with Gasteiger partial charge in [-0.1, -0.05) is 0 Å². The highest BCUT2D eigenvalue weighted by molar-refractivity contribution is 9.10. The third-order valence-electron chi connectivity index (χ3n) is 1.70. The fourth-order valence-corrected chi connectivity index (χ4v) is 1.86. The first-order chi connectivity index (χ1) is 6.99. The number of halogens is 1. The number of hydrogen-bond donors (Lipinski definition) is 2. The van der Waals surface area contributed by atoms with Crippen LogP contribution in [0.25, 0.3) is 0 Å². The maximum atomic E-state index is 5.13. The zero-order valence-corrected chi connectivity index (χ0v) is 11.4. The third kappa shape index (κ3) is 4.13. The van der Waals surface area contributed by atoms with Crippen molar-refractivity contribution in [3.05, 3.63) is 22.3 Å². The lowest BCUT2D eigenvalue weighted by molar-refractivity contribution is 0.739. The number of aryl methyl sites for hydroxylation is 1. The second-order valence-corrected chi connectivity index (χ2v) is 4.90. The summed E-state index contributed by atoms with van der Waals surface area (Å²) in [6.45, 7) is 6.06. The molecule has 1 rings (SSSR count). The van der Waals surface area contributed by atoms with Gasteiger partial charge in [0.05, 0.1) is 0 Å². The van der Waals surface area contributed by atoms with E-state index in [4.69, 9.17) is 12.2 Å². The molecule has 15 heavy (non-hydrogen) atoms. The molecule has 1 aromatic rings. The molecule has 2 N–H and O–H groups in total. The molecular weight excluding hydrogens is 274 g/mol. The maximum absolute atomic E-state index is 5.13. The van der Waals surface area contributed by atoms with Crippen molar-refractivity contribution in [3.8, 4) is 0 Å². The molecule has 0 spiro atoms. The first kappa shape index (κ1) is 12.4. The van der Waals surface area contributed by atoms with Crippen LogP contribution in [0, 0.1) is 6.92 Å². The molecule has 0 aromatic carbocycles. The van der Waals surface area contributed by atoms with Gasteiger partial charge in [-0.15, -0.1) is 0 Å². The van der Waals surface area contributed by atoms with E-state index in [2.05, 4.69) is 31.5 Å². The molecule has 1 heterocycles. The highest BCUT2D eigenvalue weighted by Crippen LogP contribution is 2.16. The van der Waals surface area contributed by atoms with Gasteiger partial charge in [-0.2, -0.15) is 0 Å². The zero-order valence-electron chi connectivity index (χ0n) is 8.97. The average molecular weight is 288 g/mol. The quantitative estimate of drug-likeness (QED) is 0.821. The van der Waals surface area contributed by atoms with Gasteiger partial charge in [-0.3, -0.25) is 0 Å². The molecule has 82 valence electrons. The summed E-state index contributed by atoms with van der Waals surface area (Å²) in [7, 11) is 0. The van der Waals surface area contributed by atoms with Crippen LogP contribution >= 0.6 is 28.1 Å². The number of anilines is 1. The summed E-state index contributed by atoms with van der Waals surface area (Å²) in [6, 6.07) is 2.31. The van der Waals surface area contributed by atoms with E-state index >= 15 is 0 Å². The minimum absolute atomic E-state index is 0.320. The molecule has 0 fully saturated rings. The molecule has 0 saturated carbocycles. The first-order valence-corrected chi connectivity index (χ1v) is 5.89. The largest absolute Gasteiger partial charge is 0.360 e. The second kappa shape index (κ2) is 5.42. The van der Waals surface area contributed by atoms with Gasteiger partial charge in [-0.05, 0) is 60.5 Å². The van der Waals surface area contributed by atoms with Crippen LogP contribution in [0.1, 0.15) is 19.4 Å². The minimum Gasteiger partial charge on any atom is -0.360 e. The zero-order chi connectivity index (χ0) is 11.4. The molecule has 5 heteroatoms. The molecule has 0 aliphatic rings. The highest BCUT2D eigenvalue weighted by atomic mass is 79.9. The first-order valence-electron chi connectivity index (χ1n) is 4.68. The van der Waals surface area contributed by atoms with E-state index in [9.17, 15) is 0 Å². The second-order valence-electron chi connectivity index (χ2n) is 3.57. The number of aromatic nitrogens is 1. The molecule has 0 bridgehead atoms. The Morgan fingerprint density at radius 3 is 2.73 bits per heavy atom. The Kier molecular flexibility index (Phi) is 4.47. The fourth-order valence-electron chi connectivity index (χ4n) is 1.08. The van der Waals surface area contributed by atoms with Crippen LogP contribution in [-0.2, 0) is 0 Å². The van der Waals surface area contributed by atoms with Gasteiger partial charge in [0, 0.05) is 16.7 Å². The van der Waals surface area contributed by atoms with Gasteiger partial charge in [-0.25, -0.2) is 4.98 Å². The third-order valence-corrected chi connectivity index (χ3v) is 2.35. The Labute approximate surface area is 104 Å². The van der Waals surface area contributed by atoms with E-state index < -0.39 is 0 Å². The van der Waals surface area contributed by atoms with Gasteiger partial charge in [0.2, 0.25) is 0 Å². The van der Waals surface area contributed by atoms with Crippen LogP contribution in [0.15, 0.2) is 16.7 Å². The smallest absolute Gasteiger partial charge is 0.172 e. The summed E-state index contributed by atoms with van der Waals surface area (Å²) in [5.74, 6) is 0.788. The van der Waals surface area contributed by atoms with Crippen LogP contribution in [0.2, 0.25) is 0 Å². The molecule has 0 amide bonds. The van der Waals surface area contributed by atoms with Crippen molar-refractivity contribution in [2.75, 3.05) is 5.32 Å². The van der Waals surface area contributed by atoms with Crippen molar-refractivity contribution >= 4 is 39.1 Å².